The van der Waals surface area contributed by atoms with Gasteiger partial charge in [0.15, 0.2) is 0 Å². The normalized spacial score (nSPS) is 10.9. The zero-order valence-corrected chi connectivity index (χ0v) is 11.5. The molecule has 1 aromatic rings. The quantitative estimate of drug-likeness (QED) is 0.823. The van der Waals surface area contributed by atoms with E-state index in [-0.39, 0.29) is 0 Å². The molecule has 0 aliphatic heterocycles. The van der Waals surface area contributed by atoms with Gasteiger partial charge in [0.1, 0.15) is 5.82 Å². The van der Waals surface area contributed by atoms with Crippen molar-refractivity contribution < 1.29 is 0 Å². The number of aryl methyl sites for hydroxylation is 1. The van der Waals surface area contributed by atoms with Crippen LogP contribution in [0.3, 0.4) is 0 Å². The van der Waals surface area contributed by atoms with Crippen LogP contribution in [-0.4, -0.2) is 18.1 Å². The number of rotatable bonds is 6. The lowest BCUT2D eigenvalue weighted by Gasteiger charge is -2.27. The van der Waals surface area contributed by atoms with Crippen LogP contribution in [0.15, 0.2) is 12.3 Å². The fourth-order valence-corrected chi connectivity index (χ4v) is 2.14. The largest absolute Gasteiger partial charge is 0.397 e. The molecule has 1 rings (SSSR count). The molecule has 96 valence electrons. The van der Waals surface area contributed by atoms with E-state index in [0.717, 1.165) is 36.1 Å². The van der Waals surface area contributed by atoms with Crippen molar-refractivity contribution in [3.63, 3.8) is 0 Å². The molecule has 17 heavy (non-hydrogen) atoms. The molecule has 1 aromatic heterocycles. The van der Waals surface area contributed by atoms with Crippen molar-refractivity contribution >= 4 is 11.5 Å². The lowest BCUT2D eigenvalue weighted by molar-refractivity contribution is 0.484. The van der Waals surface area contributed by atoms with E-state index in [1.165, 1.54) is 12.8 Å². The van der Waals surface area contributed by atoms with Crippen LogP contribution in [0, 0.1) is 12.8 Å². The molecule has 0 unspecified atom stereocenters. The van der Waals surface area contributed by atoms with Crippen LogP contribution < -0.4 is 10.6 Å². The van der Waals surface area contributed by atoms with E-state index in [1.807, 2.05) is 6.07 Å². The van der Waals surface area contributed by atoms with Crippen molar-refractivity contribution in [3.8, 4) is 0 Å². The molecule has 1 heterocycles. The van der Waals surface area contributed by atoms with E-state index < -0.39 is 0 Å². The molecule has 0 saturated heterocycles. The zero-order valence-electron chi connectivity index (χ0n) is 11.5. The van der Waals surface area contributed by atoms with E-state index >= 15 is 0 Å². The first-order valence-electron chi connectivity index (χ1n) is 6.59. The lowest BCUT2D eigenvalue weighted by Crippen LogP contribution is -2.30. The second-order valence-electron chi connectivity index (χ2n) is 4.63. The molecule has 0 atom stereocenters. The van der Waals surface area contributed by atoms with E-state index in [9.17, 15) is 0 Å². The van der Waals surface area contributed by atoms with Crippen LogP contribution in [0.2, 0.25) is 0 Å². The number of hydrogen-bond donors (Lipinski definition) is 1. The maximum atomic E-state index is 5.74. The minimum Gasteiger partial charge on any atom is -0.397 e. The fraction of sp³-hybridized carbons (Fsp3) is 0.643. The molecule has 3 heteroatoms. The highest BCUT2D eigenvalue weighted by Crippen LogP contribution is 2.21. The van der Waals surface area contributed by atoms with E-state index in [4.69, 9.17) is 5.73 Å². The van der Waals surface area contributed by atoms with E-state index in [0.29, 0.717) is 0 Å². The lowest BCUT2D eigenvalue weighted by atomic mass is 10.0. The Balaban J connectivity index is 2.85. The summed E-state index contributed by atoms with van der Waals surface area (Å²) in [7, 11) is 0. The van der Waals surface area contributed by atoms with Gasteiger partial charge < -0.3 is 10.6 Å². The average Bonchev–Trinajstić information content (AvgIpc) is 2.32. The van der Waals surface area contributed by atoms with Gasteiger partial charge in [0, 0.05) is 13.1 Å². The molecule has 0 saturated carbocycles. The van der Waals surface area contributed by atoms with Gasteiger partial charge in [0.2, 0.25) is 0 Å². The van der Waals surface area contributed by atoms with Gasteiger partial charge in [0.05, 0.1) is 11.9 Å². The Morgan fingerprint density at radius 1 is 1.29 bits per heavy atom. The van der Waals surface area contributed by atoms with Gasteiger partial charge in [-0.05, 0) is 31.4 Å². The van der Waals surface area contributed by atoms with Crippen molar-refractivity contribution in [3.05, 3.63) is 17.8 Å². The van der Waals surface area contributed by atoms with Gasteiger partial charge >= 0.3 is 0 Å². The van der Waals surface area contributed by atoms with E-state index in [2.05, 4.69) is 37.6 Å². The second-order valence-corrected chi connectivity index (χ2v) is 4.63. The second kappa shape index (κ2) is 6.48. The Bertz CT molecular complexity index is 345. The summed E-state index contributed by atoms with van der Waals surface area (Å²) in [5.41, 5.74) is 7.65. The monoisotopic (exact) mass is 235 g/mol. The molecule has 0 aliphatic rings. The Morgan fingerprint density at radius 2 is 1.94 bits per heavy atom. The van der Waals surface area contributed by atoms with Crippen molar-refractivity contribution in [1.82, 2.24) is 4.98 Å². The first kappa shape index (κ1) is 13.8. The minimum atomic E-state index is 0.741. The summed E-state index contributed by atoms with van der Waals surface area (Å²) in [6, 6.07) is 2.00. The molecule has 0 aliphatic carbocycles. The maximum Gasteiger partial charge on any atom is 0.131 e. The molecule has 0 bridgehead atoms. The molecule has 2 N–H and O–H groups in total. The van der Waals surface area contributed by atoms with Crippen molar-refractivity contribution in [1.29, 1.82) is 0 Å². The third-order valence-corrected chi connectivity index (χ3v) is 3.39. The van der Waals surface area contributed by atoms with E-state index in [1.54, 1.807) is 6.20 Å². The Labute approximate surface area is 105 Å². The summed E-state index contributed by atoms with van der Waals surface area (Å²) in [5.74, 6) is 1.82. The predicted octanol–water partition coefficient (Wildman–Crippen LogP) is 3.23. The van der Waals surface area contributed by atoms with Crippen LogP contribution in [0.1, 0.15) is 39.2 Å². The van der Waals surface area contributed by atoms with Crippen LogP contribution >= 0.6 is 0 Å². The predicted molar refractivity (Wildman–Crippen MR) is 75.3 cm³/mol. The molecule has 3 nitrogen and oxygen atoms in total. The number of nitrogens with zero attached hydrogens (tertiary/aromatic N) is 2. The highest BCUT2D eigenvalue weighted by molar-refractivity contribution is 5.52. The van der Waals surface area contributed by atoms with Crippen molar-refractivity contribution in [2.75, 3.05) is 23.7 Å². The van der Waals surface area contributed by atoms with Gasteiger partial charge in [0.25, 0.3) is 0 Å². The Kier molecular flexibility index (Phi) is 5.26. The van der Waals surface area contributed by atoms with Crippen LogP contribution in [0.4, 0.5) is 11.5 Å². The molecule has 0 amide bonds. The Morgan fingerprint density at radius 3 is 2.41 bits per heavy atom. The SMILES string of the molecule is CCC(CC)CN(CC)c1ncc(N)cc1C. The minimum absolute atomic E-state index is 0.741. The fourth-order valence-electron chi connectivity index (χ4n) is 2.14. The first-order valence-corrected chi connectivity index (χ1v) is 6.59. The van der Waals surface area contributed by atoms with Crippen LogP contribution in [0.5, 0.6) is 0 Å². The molecule has 0 aromatic carbocycles. The number of hydrogen-bond acceptors (Lipinski definition) is 3. The molecule has 0 spiro atoms. The topological polar surface area (TPSA) is 42.2 Å². The van der Waals surface area contributed by atoms with Gasteiger partial charge in [-0.15, -0.1) is 0 Å². The van der Waals surface area contributed by atoms with Crippen molar-refractivity contribution in [2.45, 2.75) is 40.5 Å². The average molecular weight is 235 g/mol. The molecular formula is C14H25N3. The highest BCUT2D eigenvalue weighted by atomic mass is 15.2. The summed E-state index contributed by atoms with van der Waals surface area (Å²) in [4.78, 5) is 6.83. The summed E-state index contributed by atoms with van der Waals surface area (Å²) in [6.45, 7) is 10.8. The molecule has 0 radical (unpaired) electrons. The van der Waals surface area contributed by atoms with Crippen LogP contribution in [0.25, 0.3) is 0 Å². The standard InChI is InChI=1S/C14H25N3/c1-5-12(6-2)10-17(7-3)14-11(4)8-13(15)9-16-14/h8-9,12H,5-7,10,15H2,1-4H3. The summed E-state index contributed by atoms with van der Waals surface area (Å²) >= 11 is 0. The highest BCUT2D eigenvalue weighted by Gasteiger charge is 2.13. The maximum absolute atomic E-state index is 5.74. The van der Waals surface area contributed by atoms with Crippen molar-refractivity contribution in [2.24, 2.45) is 5.92 Å². The number of anilines is 2. The first-order chi connectivity index (χ1) is 8.12. The summed E-state index contributed by atoms with van der Waals surface area (Å²) < 4.78 is 0. The molecule has 0 fully saturated rings. The van der Waals surface area contributed by atoms with Gasteiger partial charge in [-0.3, -0.25) is 0 Å². The smallest absolute Gasteiger partial charge is 0.131 e. The summed E-state index contributed by atoms with van der Waals surface area (Å²) in [6.07, 6.45) is 4.19. The summed E-state index contributed by atoms with van der Waals surface area (Å²) in [5, 5.41) is 0. The zero-order chi connectivity index (χ0) is 12.8. The van der Waals surface area contributed by atoms with Crippen LogP contribution in [-0.2, 0) is 0 Å². The van der Waals surface area contributed by atoms with Gasteiger partial charge in [-0.25, -0.2) is 4.98 Å². The third-order valence-electron chi connectivity index (χ3n) is 3.39. The number of nitrogen functional groups attached to an aromatic ring is 1. The van der Waals surface area contributed by atoms with Gasteiger partial charge in [-0.1, -0.05) is 26.7 Å². The number of pyridine rings is 1. The third kappa shape index (κ3) is 3.62. The van der Waals surface area contributed by atoms with Gasteiger partial charge in [-0.2, -0.15) is 0 Å². The molecular weight excluding hydrogens is 210 g/mol. The Hall–Kier alpha value is -1.25. The number of nitrogens with two attached hydrogens (primary N) is 1. The number of aromatic nitrogens is 1.